The van der Waals surface area contributed by atoms with Crippen LogP contribution in [0.2, 0.25) is 0 Å². The summed E-state index contributed by atoms with van der Waals surface area (Å²) in [5.74, 6) is 0. The number of ether oxygens (including phenoxy) is 2. The molecule has 0 radical (unpaired) electrons. The van der Waals surface area contributed by atoms with Gasteiger partial charge in [0.1, 0.15) is 0 Å². The number of allylic oxidation sites excluding steroid dienone is 3. The number of alkyl carbamates (subject to hydrolysis) is 1. The molecule has 0 aromatic heterocycles. The van der Waals surface area contributed by atoms with Gasteiger partial charge >= 0.3 is 6.09 Å². The molecule has 0 saturated heterocycles. The lowest BCUT2D eigenvalue weighted by atomic mass is 9.88. The first-order valence-electron chi connectivity index (χ1n) is 9.48. The average Bonchev–Trinajstić information content (AvgIpc) is 2.68. The fraction of sp³-hybridized carbons (Fsp3) is 0.409. The molecule has 6 heteroatoms. The molecule has 1 fully saturated rings. The van der Waals surface area contributed by atoms with E-state index in [4.69, 9.17) is 9.47 Å². The summed E-state index contributed by atoms with van der Waals surface area (Å²) in [4.78, 5) is 11.6. The molecule has 0 aliphatic heterocycles. The number of hydrazine groups is 1. The molecule has 1 amide bonds. The van der Waals surface area contributed by atoms with Crippen LogP contribution in [0.4, 0.5) is 4.79 Å². The fourth-order valence-corrected chi connectivity index (χ4v) is 3.12. The molecule has 6 nitrogen and oxygen atoms in total. The van der Waals surface area contributed by atoms with Crippen molar-refractivity contribution in [3.8, 4) is 0 Å². The van der Waals surface area contributed by atoms with Crippen LogP contribution in [0.1, 0.15) is 32.3 Å². The summed E-state index contributed by atoms with van der Waals surface area (Å²) >= 11 is 0. The molecule has 152 valence electrons. The third kappa shape index (κ3) is 5.63. The first-order valence-corrected chi connectivity index (χ1v) is 9.48. The number of rotatable bonds is 9. The summed E-state index contributed by atoms with van der Waals surface area (Å²) in [5, 5.41) is 6.83. The van der Waals surface area contributed by atoms with Gasteiger partial charge in [0.25, 0.3) is 0 Å². The molecule has 1 saturated carbocycles. The van der Waals surface area contributed by atoms with E-state index < -0.39 is 6.09 Å². The summed E-state index contributed by atoms with van der Waals surface area (Å²) in [6.45, 7) is 8.44. The Hall–Kier alpha value is -2.73. The number of amides is 1. The van der Waals surface area contributed by atoms with Crippen LogP contribution in [0, 0.1) is 0 Å². The van der Waals surface area contributed by atoms with Crippen molar-refractivity contribution >= 4 is 6.09 Å². The molecule has 0 spiro atoms. The van der Waals surface area contributed by atoms with Crippen molar-refractivity contribution in [2.45, 2.75) is 45.4 Å². The fourth-order valence-electron chi connectivity index (χ4n) is 3.12. The van der Waals surface area contributed by atoms with Gasteiger partial charge in [0, 0.05) is 13.2 Å². The van der Waals surface area contributed by atoms with E-state index in [0.29, 0.717) is 18.3 Å². The van der Waals surface area contributed by atoms with Crippen LogP contribution in [-0.2, 0) is 16.1 Å². The zero-order chi connectivity index (χ0) is 20.5. The summed E-state index contributed by atoms with van der Waals surface area (Å²) in [6.07, 6.45) is 7.14. The molecule has 0 unspecified atom stereocenters. The quantitative estimate of drug-likeness (QED) is 0.510. The van der Waals surface area contributed by atoms with Crippen molar-refractivity contribution in [1.29, 1.82) is 0 Å². The lowest BCUT2D eigenvalue weighted by Gasteiger charge is -2.46. The number of methoxy groups -OCH3 is 1. The van der Waals surface area contributed by atoms with Gasteiger partial charge in [0.15, 0.2) is 0 Å². The second-order valence-corrected chi connectivity index (χ2v) is 6.75. The maximum Gasteiger partial charge on any atom is 0.411 e. The Morgan fingerprint density at radius 2 is 2.00 bits per heavy atom. The standard InChI is InChI=1S/C22H31N3O3/c1-6-11-21(23-22(26)27-5)17(3)24(4)25(7-2)19-14-20(15-19)28-16-18-12-9-8-10-13-18/h6-13,19-20H,2,14-16H2,1,3-5H3,(H,23,26)/b11-6-,21-17+. The average molecular weight is 386 g/mol. The molecule has 1 aromatic rings. The number of nitrogens with zero attached hydrogens (tertiary/aromatic N) is 2. The van der Waals surface area contributed by atoms with Crippen molar-refractivity contribution in [3.63, 3.8) is 0 Å². The monoisotopic (exact) mass is 385 g/mol. The van der Waals surface area contributed by atoms with Crippen molar-refractivity contribution in [2.75, 3.05) is 14.2 Å². The first kappa shape index (κ1) is 21.6. The minimum absolute atomic E-state index is 0.244. The van der Waals surface area contributed by atoms with Crippen LogP contribution in [-0.4, -0.2) is 42.4 Å². The second-order valence-electron chi connectivity index (χ2n) is 6.75. The van der Waals surface area contributed by atoms with Crippen molar-refractivity contribution < 1.29 is 14.3 Å². The van der Waals surface area contributed by atoms with Crippen molar-refractivity contribution in [1.82, 2.24) is 15.3 Å². The Kier molecular flexibility index (Phi) is 8.14. The van der Waals surface area contributed by atoms with Gasteiger partial charge in [-0.2, -0.15) is 0 Å². The zero-order valence-corrected chi connectivity index (χ0v) is 17.2. The van der Waals surface area contributed by atoms with Gasteiger partial charge in [-0.1, -0.05) is 43.0 Å². The summed E-state index contributed by atoms with van der Waals surface area (Å²) in [7, 11) is 3.30. The van der Waals surface area contributed by atoms with E-state index in [-0.39, 0.29) is 6.10 Å². The predicted molar refractivity (Wildman–Crippen MR) is 111 cm³/mol. The predicted octanol–water partition coefficient (Wildman–Crippen LogP) is 4.19. The lowest BCUT2D eigenvalue weighted by molar-refractivity contribution is -0.0898. The van der Waals surface area contributed by atoms with Gasteiger partial charge in [-0.15, -0.1) is 0 Å². The Bertz CT molecular complexity index is 709. The maximum atomic E-state index is 11.6. The smallest absolute Gasteiger partial charge is 0.411 e. The molecule has 1 aromatic carbocycles. The largest absolute Gasteiger partial charge is 0.453 e. The zero-order valence-electron chi connectivity index (χ0n) is 17.2. The second kappa shape index (κ2) is 10.6. The van der Waals surface area contributed by atoms with Gasteiger partial charge in [-0.05, 0) is 38.3 Å². The molecule has 0 bridgehead atoms. The molecule has 2 rings (SSSR count). The molecule has 0 heterocycles. The van der Waals surface area contributed by atoms with E-state index in [1.807, 2.05) is 62.5 Å². The summed E-state index contributed by atoms with van der Waals surface area (Å²) in [6, 6.07) is 10.5. The van der Waals surface area contributed by atoms with Gasteiger partial charge in [0.2, 0.25) is 0 Å². The molecular weight excluding hydrogens is 354 g/mol. The SMILES string of the molecule is C=CN(C1CC(OCc2ccccc2)C1)N(C)/C(C)=C(\C=C/C)NC(=O)OC. The third-order valence-electron chi connectivity index (χ3n) is 4.94. The summed E-state index contributed by atoms with van der Waals surface area (Å²) < 4.78 is 10.7. The van der Waals surface area contributed by atoms with Crippen LogP contribution in [0.5, 0.6) is 0 Å². The normalized spacial score (nSPS) is 19.4. The number of hydrogen-bond donors (Lipinski definition) is 1. The third-order valence-corrected chi connectivity index (χ3v) is 4.94. The number of carbonyl (C=O) groups is 1. The highest BCUT2D eigenvalue weighted by Gasteiger charge is 2.35. The lowest BCUT2D eigenvalue weighted by Crippen LogP contribution is -2.51. The highest BCUT2D eigenvalue weighted by atomic mass is 16.5. The highest BCUT2D eigenvalue weighted by molar-refractivity contribution is 5.70. The molecule has 1 aliphatic rings. The summed E-state index contributed by atoms with van der Waals surface area (Å²) in [5.41, 5.74) is 2.75. The Morgan fingerprint density at radius 3 is 2.57 bits per heavy atom. The van der Waals surface area contributed by atoms with Crippen molar-refractivity contribution in [2.24, 2.45) is 0 Å². The number of carbonyl (C=O) groups excluding carboxylic acids is 1. The van der Waals surface area contributed by atoms with Gasteiger partial charge < -0.3 is 9.47 Å². The maximum absolute atomic E-state index is 11.6. The van der Waals surface area contributed by atoms with Gasteiger partial charge in [0.05, 0.1) is 37.3 Å². The molecule has 1 N–H and O–H groups in total. The van der Waals surface area contributed by atoms with E-state index in [0.717, 1.165) is 18.5 Å². The van der Waals surface area contributed by atoms with E-state index in [9.17, 15) is 4.79 Å². The first-order chi connectivity index (χ1) is 13.5. The van der Waals surface area contributed by atoms with E-state index in [2.05, 4.69) is 29.0 Å². The Balaban J connectivity index is 1.95. The van der Waals surface area contributed by atoms with Crippen molar-refractivity contribution in [3.05, 3.63) is 72.2 Å². The minimum Gasteiger partial charge on any atom is -0.453 e. The number of nitrogens with one attached hydrogen (secondary N) is 1. The van der Waals surface area contributed by atoms with E-state index >= 15 is 0 Å². The van der Waals surface area contributed by atoms with Gasteiger partial charge in [-0.25, -0.2) is 4.79 Å². The number of hydrogen-bond acceptors (Lipinski definition) is 5. The van der Waals surface area contributed by atoms with Crippen LogP contribution < -0.4 is 5.32 Å². The van der Waals surface area contributed by atoms with E-state index in [1.54, 1.807) is 0 Å². The topological polar surface area (TPSA) is 54.0 Å². The van der Waals surface area contributed by atoms with Crippen LogP contribution in [0.3, 0.4) is 0 Å². The number of benzene rings is 1. The molecule has 28 heavy (non-hydrogen) atoms. The minimum atomic E-state index is -0.496. The van der Waals surface area contributed by atoms with E-state index in [1.165, 1.54) is 12.7 Å². The Labute approximate surface area is 168 Å². The highest BCUT2D eigenvalue weighted by Crippen LogP contribution is 2.31. The van der Waals surface area contributed by atoms with Gasteiger partial charge in [-0.3, -0.25) is 15.3 Å². The van der Waals surface area contributed by atoms with Crippen LogP contribution in [0.15, 0.2) is 66.7 Å². The van der Waals surface area contributed by atoms with Crippen LogP contribution >= 0.6 is 0 Å². The Morgan fingerprint density at radius 1 is 1.32 bits per heavy atom. The molecule has 0 atom stereocenters. The molecular formula is C22H31N3O3. The van der Waals surface area contributed by atoms with Crippen LogP contribution in [0.25, 0.3) is 0 Å². The molecule has 1 aliphatic carbocycles.